The number of hydrogen-bond donors (Lipinski definition) is 1. The molecule has 1 unspecified atom stereocenters. The summed E-state index contributed by atoms with van der Waals surface area (Å²) in [5.74, 6) is -1.21. The van der Waals surface area contributed by atoms with Crippen LogP contribution in [-0.2, 0) is 9.59 Å². The molecule has 1 fully saturated rings. The van der Waals surface area contributed by atoms with Crippen molar-refractivity contribution in [1.82, 2.24) is 14.4 Å². The Labute approximate surface area is 228 Å². The van der Waals surface area contributed by atoms with Crippen molar-refractivity contribution in [3.05, 3.63) is 94.4 Å². The van der Waals surface area contributed by atoms with Crippen molar-refractivity contribution < 1.29 is 19.4 Å². The number of amides is 1. The Bertz CT molecular complexity index is 1830. The summed E-state index contributed by atoms with van der Waals surface area (Å²) in [4.78, 5) is 38.2. The molecule has 3 aromatic heterocycles. The number of aliphatic hydroxyl groups is 1. The third-order valence-corrected chi connectivity index (χ3v) is 7.88. The molecule has 8 nitrogen and oxygen atoms in total. The molecule has 1 aliphatic heterocycles. The van der Waals surface area contributed by atoms with Gasteiger partial charge in [0.2, 0.25) is 0 Å². The maximum atomic E-state index is 13.7. The van der Waals surface area contributed by atoms with Crippen LogP contribution in [0.5, 0.6) is 5.75 Å². The number of aromatic nitrogens is 3. The second-order valence-electron chi connectivity index (χ2n) is 9.57. The highest BCUT2D eigenvalue weighted by Gasteiger charge is 2.48. The Kier molecular flexibility index (Phi) is 5.95. The first-order chi connectivity index (χ1) is 18.8. The van der Waals surface area contributed by atoms with Gasteiger partial charge in [0.15, 0.2) is 10.9 Å². The minimum atomic E-state index is -0.916. The molecule has 9 heteroatoms. The topological polar surface area (TPSA) is 97.0 Å². The monoisotopic (exact) mass is 538 g/mol. The predicted octanol–water partition coefficient (Wildman–Crippen LogP) is 5.89. The van der Waals surface area contributed by atoms with Crippen LogP contribution < -0.4 is 9.64 Å². The van der Waals surface area contributed by atoms with E-state index in [0.717, 1.165) is 21.3 Å². The Balaban J connectivity index is 1.62. The number of rotatable bonds is 5. The van der Waals surface area contributed by atoms with Crippen molar-refractivity contribution in [1.29, 1.82) is 0 Å². The second kappa shape index (κ2) is 9.36. The number of aryl methyl sites for hydroxylation is 3. The number of carbonyl (C=O) groups is 2. The minimum Gasteiger partial charge on any atom is -0.505 e. The predicted molar refractivity (Wildman–Crippen MR) is 151 cm³/mol. The molecule has 0 bridgehead atoms. The highest BCUT2D eigenvalue weighted by Crippen LogP contribution is 2.45. The fourth-order valence-electron chi connectivity index (χ4n) is 5.27. The number of ether oxygens (including phenoxy) is 1. The summed E-state index contributed by atoms with van der Waals surface area (Å²) in [5, 5.41) is 12.1. The second-order valence-corrected chi connectivity index (χ2v) is 10.6. The van der Waals surface area contributed by atoms with E-state index in [0.29, 0.717) is 40.1 Å². The van der Waals surface area contributed by atoms with Crippen LogP contribution in [0.2, 0.25) is 0 Å². The van der Waals surface area contributed by atoms with Gasteiger partial charge in [-0.15, -0.1) is 0 Å². The number of anilines is 1. The summed E-state index contributed by atoms with van der Waals surface area (Å²) in [6.45, 7) is 8.10. The fourth-order valence-corrected chi connectivity index (χ4v) is 6.44. The number of benzene rings is 2. The average molecular weight is 539 g/mol. The van der Waals surface area contributed by atoms with Crippen LogP contribution in [0.25, 0.3) is 21.6 Å². The first-order valence-corrected chi connectivity index (χ1v) is 13.5. The molecule has 1 atom stereocenters. The van der Waals surface area contributed by atoms with E-state index in [-0.39, 0.29) is 11.3 Å². The molecule has 196 valence electrons. The van der Waals surface area contributed by atoms with Crippen LogP contribution in [0.3, 0.4) is 0 Å². The van der Waals surface area contributed by atoms with Crippen molar-refractivity contribution >= 4 is 49.8 Å². The number of ketones is 1. The number of aliphatic hydroxyl groups excluding tert-OH is 1. The van der Waals surface area contributed by atoms with Crippen molar-refractivity contribution in [2.24, 2.45) is 0 Å². The number of imidazole rings is 1. The maximum absolute atomic E-state index is 13.7. The molecular weight excluding hydrogens is 512 g/mol. The van der Waals surface area contributed by atoms with E-state index in [1.54, 1.807) is 23.6 Å². The summed E-state index contributed by atoms with van der Waals surface area (Å²) in [6.07, 6.45) is 1.77. The molecule has 5 aromatic rings. The summed E-state index contributed by atoms with van der Waals surface area (Å²) in [7, 11) is 0. The lowest BCUT2D eigenvalue weighted by atomic mass is 9.96. The van der Waals surface area contributed by atoms with Gasteiger partial charge in [-0.05, 0) is 74.7 Å². The van der Waals surface area contributed by atoms with Gasteiger partial charge in [-0.1, -0.05) is 35.6 Å². The van der Waals surface area contributed by atoms with E-state index in [2.05, 4.69) is 4.98 Å². The summed E-state index contributed by atoms with van der Waals surface area (Å²) >= 11 is 1.35. The molecule has 0 aliphatic carbocycles. The van der Waals surface area contributed by atoms with E-state index in [1.807, 2.05) is 69.3 Å². The van der Waals surface area contributed by atoms with Gasteiger partial charge in [0.1, 0.15) is 17.1 Å². The third-order valence-electron chi connectivity index (χ3n) is 6.88. The summed E-state index contributed by atoms with van der Waals surface area (Å²) in [6, 6.07) is 15.9. The van der Waals surface area contributed by atoms with Crippen molar-refractivity contribution in [3.63, 3.8) is 0 Å². The van der Waals surface area contributed by atoms with Crippen molar-refractivity contribution in [3.8, 4) is 5.75 Å². The molecule has 0 saturated carbocycles. The number of hydrogen-bond acceptors (Lipinski definition) is 7. The molecule has 0 radical (unpaired) electrons. The largest absolute Gasteiger partial charge is 0.505 e. The minimum absolute atomic E-state index is 0.0189. The Morgan fingerprint density at radius 3 is 2.67 bits per heavy atom. The molecule has 39 heavy (non-hydrogen) atoms. The van der Waals surface area contributed by atoms with Crippen LogP contribution >= 0.6 is 11.3 Å². The van der Waals surface area contributed by atoms with Gasteiger partial charge < -0.3 is 9.84 Å². The quantitative estimate of drug-likeness (QED) is 0.170. The molecule has 1 N–H and O–H groups in total. The van der Waals surface area contributed by atoms with Crippen molar-refractivity contribution in [2.75, 3.05) is 11.5 Å². The first kappa shape index (κ1) is 24.8. The Morgan fingerprint density at radius 2 is 1.87 bits per heavy atom. The number of Topliss-reactive ketones (excluding diaryl/α,β-unsaturated/α-hetero) is 1. The van der Waals surface area contributed by atoms with Crippen molar-refractivity contribution in [2.45, 2.75) is 33.7 Å². The zero-order valence-electron chi connectivity index (χ0n) is 21.9. The standard InChI is InChI=1S/C30H26N4O4S/c1-5-38-20-10-8-9-19(15-20)26-23(27(35)25-18(4)31-22-11-6-7-12-33(22)25)28(36)29(37)34(26)30-32-24-17(3)13-16(2)14-21(24)39-30/h6-15,26,35H,5H2,1-4H3/b27-23+. The van der Waals surface area contributed by atoms with E-state index in [1.165, 1.54) is 16.2 Å². The number of carbonyl (C=O) groups excluding carboxylic acids is 2. The van der Waals surface area contributed by atoms with Gasteiger partial charge in [-0.2, -0.15) is 0 Å². The normalized spacial score (nSPS) is 17.0. The van der Waals surface area contributed by atoms with E-state index >= 15 is 0 Å². The van der Waals surface area contributed by atoms with Gasteiger partial charge >= 0.3 is 5.91 Å². The van der Waals surface area contributed by atoms with E-state index in [4.69, 9.17) is 9.72 Å². The third kappa shape index (κ3) is 3.97. The molecule has 6 rings (SSSR count). The van der Waals surface area contributed by atoms with Gasteiger partial charge in [-0.25, -0.2) is 9.97 Å². The number of thiazole rings is 1. The number of nitrogens with zero attached hydrogens (tertiary/aromatic N) is 4. The maximum Gasteiger partial charge on any atom is 0.301 e. The highest BCUT2D eigenvalue weighted by atomic mass is 32.1. The van der Waals surface area contributed by atoms with Gasteiger partial charge in [0.25, 0.3) is 5.78 Å². The molecule has 1 saturated heterocycles. The van der Waals surface area contributed by atoms with E-state index < -0.39 is 17.7 Å². The van der Waals surface area contributed by atoms with Crippen LogP contribution in [0, 0.1) is 20.8 Å². The smallest absolute Gasteiger partial charge is 0.301 e. The Morgan fingerprint density at radius 1 is 1.05 bits per heavy atom. The lowest BCUT2D eigenvalue weighted by Crippen LogP contribution is -2.29. The molecular formula is C30H26N4O4S. The lowest BCUT2D eigenvalue weighted by molar-refractivity contribution is -0.132. The molecule has 2 aromatic carbocycles. The van der Waals surface area contributed by atoms with Gasteiger partial charge in [0, 0.05) is 6.20 Å². The first-order valence-electron chi connectivity index (χ1n) is 12.6. The van der Waals surface area contributed by atoms with E-state index in [9.17, 15) is 14.7 Å². The molecule has 1 amide bonds. The highest BCUT2D eigenvalue weighted by molar-refractivity contribution is 7.22. The SMILES string of the molecule is CCOc1cccc(C2/C(=C(\O)c3c(C)nc4ccccn34)C(=O)C(=O)N2c2nc3c(C)cc(C)cc3s2)c1. The molecule has 0 spiro atoms. The molecule has 4 heterocycles. The zero-order chi connectivity index (χ0) is 27.4. The van der Waals surface area contributed by atoms with Crippen LogP contribution in [-0.4, -0.2) is 37.8 Å². The lowest BCUT2D eigenvalue weighted by Gasteiger charge is -2.23. The number of pyridine rings is 1. The molecule has 1 aliphatic rings. The van der Waals surface area contributed by atoms with Gasteiger partial charge in [-0.3, -0.25) is 18.9 Å². The average Bonchev–Trinajstić information content (AvgIpc) is 3.55. The zero-order valence-corrected chi connectivity index (χ0v) is 22.7. The van der Waals surface area contributed by atoms with Crippen LogP contribution in [0.4, 0.5) is 5.13 Å². The summed E-state index contributed by atoms with van der Waals surface area (Å²) < 4.78 is 8.37. The Hall–Kier alpha value is -4.50. The fraction of sp³-hybridized carbons (Fsp3) is 0.200. The number of fused-ring (bicyclic) bond motifs is 2. The summed E-state index contributed by atoms with van der Waals surface area (Å²) in [5.41, 5.74) is 4.99. The van der Waals surface area contributed by atoms with Crippen LogP contribution in [0.15, 0.2) is 66.4 Å². The van der Waals surface area contributed by atoms with Gasteiger partial charge in [0.05, 0.1) is 34.1 Å². The van der Waals surface area contributed by atoms with Crippen LogP contribution in [0.1, 0.15) is 41.0 Å².